The van der Waals surface area contributed by atoms with Gasteiger partial charge >= 0.3 is 0 Å². The van der Waals surface area contributed by atoms with Crippen molar-refractivity contribution in [2.75, 3.05) is 19.6 Å². The van der Waals surface area contributed by atoms with Gasteiger partial charge in [-0.15, -0.1) is 0 Å². The van der Waals surface area contributed by atoms with E-state index in [-0.39, 0.29) is 5.91 Å². The van der Waals surface area contributed by atoms with Gasteiger partial charge in [-0.2, -0.15) is 5.10 Å². The van der Waals surface area contributed by atoms with E-state index in [1.807, 2.05) is 13.1 Å². The van der Waals surface area contributed by atoms with Crippen LogP contribution in [-0.4, -0.2) is 46.3 Å². The van der Waals surface area contributed by atoms with Gasteiger partial charge in [0.05, 0.1) is 0 Å². The van der Waals surface area contributed by atoms with Gasteiger partial charge in [0.15, 0.2) is 0 Å². The van der Waals surface area contributed by atoms with Crippen molar-refractivity contribution in [1.29, 1.82) is 0 Å². The smallest absolute Gasteiger partial charge is 0.271 e. The van der Waals surface area contributed by atoms with Crippen molar-refractivity contribution in [1.82, 2.24) is 20.0 Å². The van der Waals surface area contributed by atoms with E-state index >= 15 is 0 Å². The molecule has 1 atom stereocenters. The van der Waals surface area contributed by atoms with Crippen LogP contribution in [0.5, 0.6) is 0 Å². The highest BCUT2D eigenvalue weighted by molar-refractivity contribution is 5.92. The van der Waals surface area contributed by atoms with Crippen molar-refractivity contribution in [3.8, 4) is 0 Å². The first-order valence-corrected chi connectivity index (χ1v) is 8.05. The quantitative estimate of drug-likeness (QED) is 0.904. The Hall–Kier alpha value is -1.36. The molecule has 1 aromatic heterocycles. The molecule has 0 aromatic carbocycles. The van der Waals surface area contributed by atoms with Crippen molar-refractivity contribution >= 4 is 5.91 Å². The minimum atomic E-state index is -0.0674. The Balaban J connectivity index is 1.83. The highest BCUT2D eigenvalue weighted by atomic mass is 16.1. The molecular formula is C16H28N4O. The lowest BCUT2D eigenvalue weighted by atomic mass is 10.0. The summed E-state index contributed by atoms with van der Waals surface area (Å²) < 4.78 is 1.80. The van der Waals surface area contributed by atoms with E-state index in [9.17, 15) is 4.79 Å². The summed E-state index contributed by atoms with van der Waals surface area (Å²) >= 11 is 0. The highest BCUT2D eigenvalue weighted by Crippen LogP contribution is 2.16. The molecule has 118 valence electrons. The Morgan fingerprint density at radius 1 is 1.48 bits per heavy atom. The molecule has 1 amide bonds. The van der Waals surface area contributed by atoms with Crippen LogP contribution in [0.3, 0.4) is 0 Å². The number of likely N-dealkylation sites (tertiary alicyclic amines) is 1. The second-order valence-electron chi connectivity index (χ2n) is 6.37. The van der Waals surface area contributed by atoms with Crippen molar-refractivity contribution in [2.24, 2.45) is 7.05 Å². The second-order valence-corrected chi connectivity index (χ2v) is 6.37. The number of piperidine rings is 1. The second kappa shape index (κ2) is 7.07. The van der Waals surface area contributed by atoms with Gasteiger partial charge in [0, 0.05) is 31.9 Å². The van der Waals surface area contributed by atoms with Gasteiger partial charge in [0.25, 0.3) is 5.91 Å². The molecule has 2 heterocycles. The van der Waals surface area contributed by atoms with Crippen molar-refractivity contribution < 1.29 is 4.79 Å². The molecule has 0 aliphatic carbocycles. The summed E-state index contributed by atoms with van der Waals surface area (Å²) in [7, 11) is 1.89. The molecule has 0 bridgehead atoms. The molecule has 1 saturated heterocycles. The largest absolute Gasteiger partial charge is 0.349 e. The maximum atomic E-state index is 12.2. The van der Waals surface area contributed by atoms with Gasteiger partial charge in [-0.1, -0.05) is 20.3 Å². The average molecular weight is 292 g/mol. The van der Waals surface area contributed by atoms with E-state index in [2.05, 4.69) is 36.1 Å². The van der Waals surface area contributed by atoms with E-state index in [0.717, 1.165) is 18.8 Å². The van der Waals surface area contributed by atoms with Crippen LogP contribution in [0.2, 0.25) is 0 Å². The third-order valence-electron chi connectivity index (χ3n) is 4.37. The number of nitrogens with zero attached hydrogens (tertiary/aromatic N) is 3. The number of nitrogens with one attached hydrogen (secondary N) is 1. The molecule has 1 aromatic rings. The van der Waals surface area contributed by atoms with Gasteiger partial charge < -0.3 is 5.32 Å². The first kappa shape index (κ1) is 16.0. The third kappa shape index (κ3) is 4.06. The number of hydrogen-bond acceptors (Lipinski definition) is 3. The number of hydrogen-bond donors (Lipinski definition) is 1. The van der Waals surface area contributed by atoms with Crippen LogP contribution >= 0.6 is 0 Å². The van der Waals surface area contributed by atoms with E-state index in [1.54, 1.807) is 4.68 Å². The Morgan fingerprint density at radius 2 is 2.24 bits per heavy atom. The Kier molecular flexibility index (Phi) is 5.39. The van der Waals surface area contributed by atoms with E-state index in [0.29, 0.717) is 24.2 Å². The number of carbonyl (C=O) groups excluding carboxylic acids is 1. The maximum Gasteiger partial charge on any atom is 0.271 e. The predicted molar refractivity (Wildman–Crippen MR) is 84.5 cm³/mol. The Morgan fingerprint density at radius 3 is 2.86 bits per heavy atom. The summed E-state index contributed by atoms with van der Waals surface area (Å²) in [6.07, 6.45) is 3.87. The molecule has 1 N–H and O–H groups in total. The molecule has 21 heavy (non-hydrogen) atoms. The van der Waals surface area contributed by atoms with Gasteiger partial charge in [0.2, 0.25) is 0 Å². The van der Waals surface area contributed by atoms with Crippen LogP contribution in [0, 0.1) is 0 Å². The molecule has 1 fully saturated rings. The average Bonchev–Trinajstić information content (AvgIpc) is 2.83. The topological polar surface area (TPSA) is 50.2 Å². The first-order valence-electron chi connectivity index (χ1n) is 8.05. The molecule has 2 rings (SSSR count). The number of amides is 1. The molecule has 0 radical (unpaired) electrons. The normalized spacial score (nSPS) is 20.0. The van der Waals surface area contributed by atoms with Crippen LogP contribution < -0.4 is 5.32 Å². The number of rotatable bonds is 5. The van der Waals surface area contributed by atoms with Crippen molar-refractivity contribution in [3.63, 3.8) is 0 Å². The van der Waals surface area contributed by atoms with Crippen LogP contribution in [-0.2, 0) is 7.05 Å². The summed E-state index contributed by atoms with van der Waals surface area (Å²) in [5, 5.41) is 7.29. The molecule has 1 unspecified atom stereocenters. The summed E-state index contributed by atoms with van der Waals surface area (Å²) in [4.78, 5) is 14.6. The predicted octanol–water partition coefficient (Wildman–Crippen LogP) is 2.15. The number of aryl methyl sites for hydroxylation is 1. The molecule has 5 nitrogen and oxygen atoms in total. The zero-order chi connectivity index (χ0) is 15.4. The lowest BCUT2D eigenvalue weighted by Crippen LogP contribution is -2.42. The first-order chi connectivity index (χ1) is 9.99. The molecule has 1 aliphatic rings. The number of aromatic nitrogens is 2. The fourth-order valence-electron chi connectivity index (χ4n) is 3.03. The lowest BCUT2D eigenvalue weighted by molar-refractivity contribution is 0.0933. The SMILES string of the molecule is CC(C)c1cc(C(=O)NCCN2CCCCC2C)nn1C. The summed E-state index contributed by atoms with van der Waals surface area (Å²) in [5.41, 5.74) is 1.61. The minimum Gasteiger partial charge on any atom is -0.349 e. The fraction of sp³-hybridized carbons (Fsp3) is 0.750. The Labute approximate surface area is 127 Å². The summed E-state index contributed by atoms with van der Waals surface area (Å²) in [6.45, 7) is 9.26. The van der Waals surface area contributed by atoms with Crippen LogP contribution in [0.1, 0.15) is 62.1 Å². The Bertz CT molecular complexity index is 481. The standard InChI is InChI=1S/C16H28N4O/c1-12(2)15-11-14(18-19(15)4)16(21)17-8-10-20-9-6-5-7-13(20)3/h11-13H,5-10H2,1-4H3,(H,17,21). The van der Waals surface area contributed by atoms with E-state index in [4.69, 9.17) is 0 Å². The fourth-order valence-corrected chi connectivity index (χ4v) is 3.03. The van der Waals surface area contributed by atoms with Gasteiger partial charge in [0.1, 0.15) is 5.69 Å². The van der Waals surface area contributed by atoms with Gasteiger partial charge in [-0.3, -0.25) is 14.4 Å². The molecule has 1 aliphatic heterocycles. The zero-order valence-electron chi connectivity index (χ0n) is 13.7. The monoisotopic (exact) mass is 292 g/mol. The van der Waals surface area contributed by atoms with Gasteiger partial charge in [-0.05, 0) is 38.3 Å². The van der Waals surface area contributed by atoms with Crippen LogP contribution in [0.25, 0.3) is 0 Å². The van der Waals surface area contributed by atoms with Crippen LogP contribution in [0.4, 0.5) is 0 Å². The lowest BCUT2D eigenvalue weighted by Gasteiger charge is -2.33. The maximum absolute atomic E-state index is 12.2. The highest BCUT2D eigenvalue weighted by Gasteiger charge is 2.18. The summed E-state index contributed by atoms with van der Waals surface area (Å²) in [5.74, 6) is 0.306. The number of carbonyl (C=O) groups is 1. The van der Waals surface area contributed by atoms with E-state index < -0.39 is 0 Å². The molecule has 5 heteroatoms. The third-order valence-corrected chi connectivity index (χ3v) is 4.37. The van der Waals surface area contributed by atoms with Gasteiger partial charge in [-0.25, -0.2) is 0 Å². The minimum absolute atomic E-state index is 0.0674. The van der Waals surface area contributed by atoms with E-state index in [1.165, 1.54) is 19.3 Å². The van der Waals surface area contributed by atoms with Crippen LogP contribution in [0.15, 0.2) is 6.07 Å². The van der Waals surface area contributed by atoms with Crippen molar-refractivity contribution in [2.45, 2.75) is 52.0 Å². The molecule has 0 spiro atoms. The van der Waals surface area contributed by atoms with Crippen molar-refractivity contribution in [3.05, 3.63) is 17.5 Å². The zero-order valence-corrected chi connectivity index (χ0v) is 13.7. The molecule has 0 saturated carbocycles. The molecular weight excluding hydrogens is 264 g/mol. The summed E-state index contributed by atoms with van der Waals surface area (Å²) in [6, 6.07) is 2.53.